The molecule has 1 aliphatic heterocycles. The van der Waals surface area contributed by atoms with Gasteiger partial charge in [-0.1, -0.05) is 30.3 Å². The van der Waals surface area contributed by atoms with Gasteiger partial charge in [-0.05, 0) is 36.6 Å². The van der Waals surface area contributed by atoms with Gasteiger partial charge in [0.25, 0.3) is 0 Å². The minimum Gasteiger partial charge on any atom is -0.381 e. The van der Waals surface area contributed by atoms with E-state index in [1.807, 2.05) is 30.3 Å². The molecule has 0 spiro atoms. The van der Waals surface area contributed by atoms with Crippen molar-refractivity contribution in [1.82, 2.24) is 28.7 Å². The van der Waals surface area contributed by atoms with Crippen LogP contribution in [0.3, 0.4) is 0 Å². The Labute approximate surface area is 194 Å². The molecule has 1 aliphatic rings. The van der Waals surface area contributed by atoms with E-state index in [0.717, 1.165) is 29.4 Å². The number of aromatic nitrogens is 6. The zero-order valence-corrected chi connectivity index (χ0v) is 18.3. The van der Waals surface area contributed by atoms with Gasteiger partial charge in [-0.3, -0.25) is 13.7 Å². The fourth-order valence-electron chi connectivity index (χ4n) is 4.59. The van der Waals surface area contributed by atoms with Crippen LogP contribution >= 0.6 is 0 Å². The molecule has 0 unspecified atom stereocenters. The molecule has 34 heavy (non-hydrogen) atoms. The van der Waals surface area contributed by atoms with Gasteiger partial charge < -0.3 is 4.74 Å². The van der Waals surface area contributed by atoms with Crippen molar-refractivity contribution in [3.05, 3.63) is 82.7 Å². The summed E-state index contributed by atoms with van der Waals surface area (Å²) in [6.07, 6.45) is 4.86. The van der Waals surface area contributed by atoms with Gasteiger partial charge in [0.05, 0.1) is 35.4 Å². The van der Waals surface area contributed by atoms with Crippen LogP contribution < -0.4 is 5.69 Å². The van der Waals surface area contributed by atoms with Crippen molar-refractivity contribution < 1.29 is 4.74 Å². The van der Waals surface area contributed by atoms with Crippen LogP contribution in [0, 0.1) is 11.3 Å². The maximum atomic E-state index is 13.6. The van der Waals surface area contributed by atoms with E-state index in [0.29, 0.717) is 42.4 Å². The number of nitrogens with zero attached hydrogens (tertiary/aromatic N) is 7. The highest BCUT2D eigenvalue weighted by molar-refractivity contribution is 5.79. The summed E-state index contributed by atoms with van der Waals surface area (Å²) in [6.45, 7) is 1.67. The molecular weight excluding hydrogens is 430 g/mol. The summed E-state index contributed by atoms with van der Waals surface area (Å²) in [5, 5.41) is 9.31. The Morgan fingerprint density at radius 3 is 2.68 bits per heavy atom. The number of hydrogen-bond acceptors (Lipinski definition) is 6. The molecule has 0 saturated carbocycles. The van der Waals surface area contributed by atoms with E-state index in [4.69, 9.17) is 9.72 Å². The summed E-state index contributed by atoms with van der Waals surface area (Å²) in [5.41, 5.74) is 4.22. The Bertz CT molecular complexity index is 1600. The lowest BCUT2D eigenvalue weighted by atomic mass is 10.1. The standard InChI is InChI=1S/C25H21N7O2/c26-13-18-6-7-20-21(12-18)31(16-28-20)24-27-14-22-23(29-24)32(19-8-10-34-11-9-19)25(33)30(22)15-17-4-2-1-3-5-17/h1-7,12,14,16,19H,8-11,15H2. The normalized spacial score (nSPS) is 14.6. The van der Waals surface area contributed by atoms with Crippen molar-refractivity contribution in [2.45, 2.75) is 25.4 Å². The van der Waals surface area contributed by atoms with E-state index in [9.17, 15) is 10.1 Å². The van der Waals surface area contributed by atoms with Crippen molar-refractivity contribution in [3.8, 4) is 12.0 Å². The number of fused-ring (bicyclic) bond motifs is 2. The van der Waals surface area contributed by atoms with E-state index in [1.165, 1.54) is 0 Å². The van der Waals surface area contributed by atoms with Gasteiger partial charge in [0.2, 0.25) is 5.95 Å². The third-order valence-electron chi connectivity index (χ3n) is 6.32. The summed E-state index contributed by atoms with van der Waals surface area (Å²) >= 11 is 0. The second kappa shape index (κ2) is 8.24. The Hall–Kier alpha value is -4.29. The van der Waals surface area contributed by atoms with Crippen LogP contribution in [-0.4, -0.2) is 41.9 Å². The Balaban J connectivity index is 1.54. The lowest BCUT2D eigenvalue weighted by Crippen LogP contribution is -2.31. The van der Waals surface area contributed by atoms with Gasteiger partial charge in [-0.2, -0.15) is 10.2 Å². The minimum atomic E-state index is -0.0977. The number of ether oxygens (including phenoxy) is 1. The van der Waals surface area contributed by atoms with E-state index < -0.39 is 0 Å². The van der Waals surface area contributed by atoms with Crippen LogP contribution in [0.5, 0.6) is 0 Å². The summed E-state index contributed by atoms with van der Waals surface area (Å²) in [4.78, 5) is 27.5. The molecule has 0 N–H and O–H groups in total. The van der Waals surface area contributed by atoms with Crippen LogP contribution in [0.4, 0.5) is 0 Å². The highest BCUT2D eigenvalue weighted by Crippen LogP contribution is 2.25. The minimum absolute atomic E-state index is 0.00764. The van der Waals surface area contributed by atoms with Gasteiger partial charge in [0, 0.05) is 19.3 Å². The van der Waals surface area contributed by atoms with E-state index >= 15 is 0 Å². The van der Waals surface area contributed by atoms with Crippen LogP contribution in [0.25, 0.3) is 28.1 Å². The van der Waals surface area contributed by atoms with Crippen LogP contribution in [0.15, 0.2) is 65.8 Å². The third kappa shape index (κ3) is 3.36. The summed E-state index contributed by atoms with van der Waals surface area (Å²) in [7, 11) is 0. The van der Waals surface area contributed by atoms with Crippen molar-refractivity contribution in [3.63, 3.8) is 0 Å². The monoisotopic (exact) mass is 451 g/mol. The lowest BCUT2D eigenvalue weighted by Gasteiger charge is -2.22. The van der Waals surface area contributed by atoms with E-state index in [1.54, 1.807) is 44.4 Å². The fraction of sp³-hybridized carbons (Fsp3) is 0.240. The zero-order chi connectivity index (χ0) is 23.1. The van der Waals surface area contributed by atoms with Crippen molar-refractivity contribution in [1.29, 1.82) is 5.26 Å². The number of nitriles is 1. The van der Waals surface area contributed by atoms with Gasteiger partial charge in [0.1, 0.15) is 11.8 Å². The van der Waals surface area contributed by atoms with E-state index in [-0.39, 0.29) is 11.7 Å². The fourth-order valence-corrected chi connectivity index (χ4v) is 4.59. The van der Waals surface area contributed by atoms with Gasteiger partial charge in [-0.15, -0.1) is 0 Å². The Morgan fingerprint density at radius 2 is 1.88 bits per heavy atom. The second-order valence-corrected chi connectivity index (χ2v) is 8.38. The smallest absolute Gasteiger partial charge is 0.330 e. The Morgan fingerprint density at radius 1 is 1.06 bits per heavy atom. The molecule has 0 atom stereocenters. The molecule has 168 valence electrons. The van der Waals surface area contributed by atoms with Gasteiger partial charge >= 0.3 is 5.69 Å². The predicted octanol–water partition coefficient (Wildman–Crippen LogP) is 3.20. The third-order valence-corrected chi connectivity index (χ3v) is 6.32. The van der Waals surface area contributed by atoms with Crippen LogP contribution in [0.2, 0.25) is 0 Å². The molecule has 5 aromatic rings. The first kappa shape index (κ1) is 20.3. The average molecular weight is 451 g/mol. The van der Waals surface area contributed by atoms with Gasteiger partial charge in [-0.25, -0.2) is 14.8 Å². The molecule has 4 heterocycles. The number of hydrogen-bond donors (Lipinski definition) is 0. The van der Waals surface area contributed by atoms with Crippen molar-refractivity contribution in [2.24, 2.45) is 0 Å². The molecule has 2 aromatic carbocycles. The molecule has 0 aliphatic carbocycles. The van der Waals surface area contributed by atoms with Crippen molar-refractivity contribution >= 4 is 22.2 Å². The molecule has 0 amide bonds. The average Bonchev–Trinajstić information content (AvgIpc) is 3.43. The van der Waals surface area contributed by atoms with Crippen molar-refractivity contribution in [2.75, 3.05) is 13.2 Å². The van der Waals surface area contributed by atoms with E-state index in [2.05, 4.69) is 16.0 Å². The quantitative estimate of drug-likeness (QED) is 0.416. The summed E-state index contributed by atoms with van der Waals surface area (Å²) in [6, 6.07) is 17.4. The SMILES string of the molecule is N#Cc1ccc2ncn(-c3ncc4c(n3)n(C3CCOCC3)c(=O)n4Cc3ccccc3)c2c1. The molecule has 0 radical (unpaired) electrons. The second-order valence-electron chi connectivity index (χ2n) is 8.38. The number of rotatable bonds is 4. The molecule has 3 aromatic heterocycles. The Kier molecular flexibility index (Phi) is 4.93. The zero-order valence-electron chi connectivity index (χ0n) is 18.3. The molecule has 1 fully saturated rings. The molecule has 6 rings (SSSR count). The molecule has 1 saturated heterocycles. The van der Waals surface area contributed by atoms with Gasteiger partial charge in [0.15, 0.2) is 5.65 Å². The molecule has 9 heteroatoms. The lowest BCUT2D eigenvalue weighted by molar-refractivity contribution is 0.0695. The summed E-state index contributed by atoms with van der Waals surface area (Å²) < 4.78 is 10.8. The van der Waals surface area contributed by atoms with Crippen LogP contribution in [0.1, 0.15) is 30.0 Å². The maximum absolute atomic E-state index is 13.6. The largest absolute Gasteiger partial charge is 0.381 e. The molecular formula is C25H21N7O2. The first-order valence-corrected chi connectivity index (χ1v) is 11.2. The number of imidazole rings is 2. The predicted molar refractivity (Wildman–Crippen MR) is 126 cm³/mol. The number of benzene rings is 2. The molecule has 9 nitrogen and oxygen atoms in total. The first-order valence-electron chi connectivity index (χ1n) is 11.2. The van der Waals surface area contributed by atoms with Crippen LogP contribution in [-0.2, 0) is 11.3 Å². The summed E-state index contributed by atoms with van der Waals surface area (Å²) in [5.74, 6) is 0.405. The highest BCUT2D eigenvalue weighted by Gasteiger charge is 2.25. The highest BCUT2D eigenvalue weighted by atomic mass is 16.5. The molecule has 0 bridgehead atoms. The topological polar surface area (TPSA) is 104 Å². The first-order chi connectivity index (χ1) is 16.7. The maximum Gasteiger partial charge on any atom is 0.330 e.